The van der Waals surface area contributed by atoms with E-state index in [4.69, 9.17) is 22.1 Å². The van der Waals surface area contributed by atoms with Gasteiger partial charge in [0.05, 0.1) is 5.02 Å². The average molecular weight is 300 g/mol. The fraction of sp³-hybridized carbons (Fsp3) is 0.286. The summed E-state index contributed by atoms with van der Waals surface area (Å²) in [6.45, 7) is 2.00. The molecule has 0 amide bonds. The molecule has 0 fully saturated rings. The van der Waals surface area contributed by atoms with Gasteiger partial charge in [0.2, 0.25) is 0 Å². The second kappa shape index (κ2) is 6.37. The van der Waals surface area contributed by atoms with Gasteiger partial charge in [-0.2, -0.15) is 11.3 Å². The molecule has 1 heterocycles. The molecule has 0 spiro atoms. The SMILES string of the molecule is CCC(N)C(Oc1ccc(Cl)c(F)c1)c1ccsc1. The Labute approximate surface area is 121 Å². The average Bonchev–Trinajstić information content (AvgIpc) is 2.93. The maximum Gasteiger partial charge on any atom is 0.145 e. The summed E-state index contributed by atoms with van der Waals surface area (Å²) in [6.07, 6.45) is 0.494. The van der Waals surface area contributed by atoms with Crippen molar-refractivity contribution in [3.05, 3.63) is 51.4 Å². The maximum absolute atomic E-state index is 13.4. The Morgan fingerprint density at radius 2 is 2.21 bits per heavy atom. The highest BCUT2D eigenvalue weighted by Gasteiger charge is 2.21. The van der Waals surface area contributed by atoms with Crippen LogP contribution in [0, 0.1) is 5.82 Å². The number of benzene rings is 1. The minimum atomic E-state index is -0.492. The van der Waals surface area contributed by atoms with Gasteiger partial charge in [-0.3, -0.25) is 0 Å². The summed E-state index contributed by atoms with van der Waals surface area (Å²) >= 11 is 7.23. The number of hydrogen-bond donors (Lipinski definition) is 1. The number of ether oxygens (including phenoxy) is 1. The predicted molar refractivity (Wildman–Crippen MR) is 77.4 cm³/mol. The molecule has 1 aromatic carbocycles. The monoisotopic (exact) mass is 299 g/mol. The molecule has 0 saturated carbocycles. The number of halogens is 2. The maximum atomic E-state index is 13.4. The Bertz CT molecular complexity index is 532. The van der Waals surface area contributed by atoms with Crippen LogP contribution in [-0.2, 0) is 0 Å². The topological polar surface area (TPSA) is 35.2 Å². The molecule has 5 heteroatoms. The number of nitrogens with two attached hydrogens (primary N) is 1. The van der Waals surface area contributed by atoms with E-state index in [2.05, 4.69) is 0 Å². The molecule has 2 nitrogen and oxygen atoms in total. The highest BCUT2D eigenvalue weighted by molar-refractivity contribution is 7.07. The Hall–Kier alpha value is -1.10. The largest absolute Gasteiger partial charge is 0.484 e. The van der Waals surface area contributed by atoms with Gasteiger partial charge in [-0.1, -0.05) is 18.5 Å². The van der Waals surface area contributed by atoms with E-state index in [1.165, 1.54) is 12.1 Å². The van der Waals surface area contributed by atoms with E-state index < -0.39 is 5.82 Å². The van der Waals surface area contributed by atoms with Gasteiger partial charge in [0.1, 0.15) is 17.7 Å². The van der Waals surface area contributed by atoms with Crippen LogP contribution in [0.3, 0.4) is 0 Å². The van der Waals surface area contributed by atoms with Gasteiger partial charge >= 0.3 is 0 Å². The first-order valence-electron chi connectivity index (χ1n) is 6.01. The number of thiophene rings is 1. The molecule has 0 saturated heterocycles. The van der Waals surface area contributed by atoms with Crippen LogP contribution in [0.4, 0.5) is 4.39 Å². The molecule has 0 aliphatic carbocycles. The van der Waals surface area contributed by atoms with Gasteiger partial charge in [0.15, 0.2) is 0 Å². The van der Waals surface area contributed by atoms with Gasteiger partial charge in [0.25, 0.3) is 0 Å². The molecular formula is C14H15ClFNOS. The Balaban J connectivity index is 2.23. The zero-order valence-electron chi connectivity index (χ0n) is 10.5. The van der Waals surface area contributed by atoms with E-state index in [0.29, 0.717) is 5.75 Å². The first-order valence-corrected chi connectivity index (χ1v) is 7.33. The van der Waals surface area contributed by atoms with Crippen LogP contribution in [-0.4, -0.2) is 6.04 Å². The second-order valence-corrected chi connectivity index (χ2v) is 5.43. The molecule has 1 aromatic heterocycles. The highest BCUT2D eigenvalue weighted by atomic mass is 35.5. The van der Waals surface area contributed by atoms with E-state index in [1.807, 2.05) is 23.8 Å². The van der Waals surface area contributed by atoms with Crippen molar-refractivity contribution < 1.29 is 9.13 Å². The Kier molecular flexibility index (Phi) is 4.80. The first-order chi connectivity index (χ1) is 9.11. The van der Waals surface area contributed by atoms with Gasteiger partial charge in [-0.15, -0.1) is 0 Å². The molecule has 0 radical (unpaired) electrons. The molecule has 0 bridgehead atoms. The van der Waals surface area contributed by atoms with Crippen LogP contribution in [0.1, 0.15) is 25.0 Å². The van der Waals surface area contributed by atoms with E-state index in [0.717, 1.165) is 12.0 Å². The summed E-state index contributed by atoms with van der Waals surface area (Å²) in [4.78, 5) is 0. The highest BCUT2D eigenvalue weighted by Crippen LogP contribution is 2.29. The minimum Gasteiger partial charge on any atom is -0.484 e. The molecular weight excluding hydrogens is 285 g/mol. The van der Waals surface area contributed by atoms with Gasteiger partial charge < -0.3 is 10.5 Å². The fourth-order valence-corrected chi connectivity index (χ4v) is 2.55. The second-order valence-electron chi connectivity index (χ2n) is 4.24. The van der Waals surface area contributed by atoms with E-state index >= 15 is 0 Å². The van der Waals surface area contributed by atoms with E-state index in [9.17, 15) is 4.39 Å². The molecule has 2 N–H and O–H groups in total. The quantitative estimate of drug-likeness (QED) is 0.888. The van der Waals surface area contributed by atoms with Crippen LogP contribution < -0.4 is 10.5 Å². The molecule has 102 valence electrons. The van der Waals surface area contributed by atoms with Crippen molar-refractivity contribution in [3.8, 4) is 5.75 Å². The zero-order valence-corrected chi connectivity index (χ0v) is 12.0. The third-order valence-corrected chi connectivity index (χ3v) is 3.89. The summed E-state index contributed by atoms with van der Waals surface area (Å²) in [5.41, 5.74) is 7.09. The van der Waals surface area contributed by atoms with Crippen molar-refractivity contribution in [2.45, 2.75) is 25.5 Å². The Morgan fingerprint density at radius 1 is 1.42 bits per heavy atom. The Morgan fingerprint density at radius 3 is 2.79 bits per heavy atom. The molecule has 2 atom stereocenters. The zero-order chi connectivity index (χ0) is 13.8. The van der Waals surface area contributed by atoms with Crippen molar-refractivity contribution in [3.63, 3.8) is 0 Å². The first kappa shape index (κ1) is 14.3. The van der Waals surface area contributed by atoms with Crippen molar-refractivity contribution in [2.75, 3.05) is 0 Å². The lowest BCUT2D eigenvalue weighted by Gasteiger charge is -2.23. The smallest absolute Gasteiger partial charge is 0.145 e. The van der Waals surface area contributed by atoms with Gasteiger partial charge in [-0.25, -0.2) is 4.39 Å². The standard InChI is InChI=1S/C14H15ClFNOS/c1-2-13(17)14(9-5-6-19-8-9)18-10-3-4-11(15)12(16)7-10/h3-8,13-14H,2,17H2,1H3. The summed E-state index contributed by atoms with van der Waals surface area (Å²) in [6, 6.07) is 6.23. The van der Waals surface area contributed by atoms with Crippen molar-refractivity contribution in [1.29, 1.82) is 0 Å². The third kappa shape index (κ3) is 3.47. The lowest BCUT2D eigenvalue weighted by atomic mass is 10.0. The fourth-order valence-electron chi connectivity index (χ4n) is 1.75. The molecule has 19 heavy (non-hydrogen) atoms. The van der Waals surface area contributed by atoms with Crippen molar-refractivity contribution in [1.82, 2.24) is 0 Å². The van der Waals surface area contributed by atoms with Crippen LogP contribution in [0.25, 0.3) is 0 Å². The molecule has 0 aliphatic heterocycles. The molecule has 2 aromatic rings. The molecule has 2 unspecified atom stereocenters. The number of hydrogen-bond acceptors (Lipinski definition) is 3. The summed E-state index contributed by atoms with van der Waals surface area (Å²) in [5, 5.41) is 4.04. The lowest BCUT2D eigenvalue weighted by Crippen LogP contribution is -2.31. The van der Waals surface area contributed by atoms with Gasteiger partial charge in [-0.05, 0) is 35.4 Å². The van der Waals surface area contributed by atoms with Crippen LogP contribution in [0.5, 0.6) is 5.75 Å². The molecule has 0 aliphatic rings. The summed E-state index contributed by atoms with van der Waals surface area (Å²) in [5.74, 6) is -0.0599. The van der Waals surface area contributed by atoms with E-state index in [1.54, 1.807) is 17.4 Å². The minimum absolute atomic E-state index is 0.0826. The van der Waals surface area contributed by atoms with Crippen molar-refractivity contribution >= 4 is 22.9 Å². The van der Waals surface area contributed by atoms with Gasteiger partial charge in [0, 0.05) is 17.7 Å². The van der Waals surface area contributed by atoms with E-state index in [-0.39, 0.29) is 17.2 Å². The molecule has 2 rings (SSSR count). The van der Waals surface area contributed by atoms with Crippen molar-refractivity contribution in [2.24, 2.45) is 5.73 Å². The summed E-state index contributed by atoms with van der Waals surface area (Å²) < 4.78 is 19.2. The third-order valence-electron chi connectivity index (χ3n) is 2.89. The predicted octanol–water partition coefficient (Wildman–Crippen LogP) is 4.40. The normalized spacial score (nSPS) is 14.1. The van der Waals surface area contributed by atoms with Crippen LogP contribution in [0.15, 0.2) is 35.0 Å². The number of rotatable bonds is 5. The lowest BCUT2D eigenvalue weighted by molar-refractivity contribution is 0.171. The van der Waals surface area contributed by atoms with Crippen LogP contribution in [0.2, 0.25) is 5.02 Å². The van der Waals surface area contributed by atoms with Crippen LogP contribution >= 0.6 is 22.9 Å². The summed E-state index contributed by atoms with van der Waals surface area (Å²) in [7, 11) is 0.